The highest BCUT2D eigenvalue weighted by Gasteiger charge is 2.15. The number of halogens is 1. The first-order valence-electron chi connectivity index (χ1n) is 6.35. The summed E-state index contributed by atoms with van der Waals surface area (Å²) in [4.78, 5) is 23.0. The highest BCUT2D eigenvalue weighted by atomic mass is 35.5. The molecule has 8 heteroatoms. The summed E-state index contributed by atoms with van der Waals surface area (Å²) in [6.07, 6.45) is -0.562. The Morgan fingerprint density at radius 3 is 2.76 bits per heavy atom. The Hall–Kier alpha value is -2.15. The van der Waals surface area contributed by atoms with Crippen LogP contribution in [0.3, 0.4) is 0 Å². The first-order chi connectivity index (χ1) is 10.2. The van der Waals surface area contributed by atoms with E-state index in [4.69, 9.17) is 25.8 Å². The molecule has 2 amide bonds. The Labute approximate surface area is 126 Å². The van der Waals surface area contributed by atoms with Gasteiger partial charge in [0.15, 0.2) is 11.5 Å². The summed E-state index contributed by atoms with van der Waals surface area (Å²) >= 11 is 5.38. The monoisotopic (exact) mass is 314 g/mol. The third kappa shape index (κ3) is 4.42. The number of amides is 2. The normalized spacial score (nSPS) is 11.9. The maximum atomic E-state index is 11.9. The molecule has 0 saturated carbocycles. The predicted molar refractivity (Wildman–Crippen MR) is 75.0 cm³/mol. The van der Waals surface area contributed by atoms with Crippen LogP contribution in [0, 0.1) is 0 Å². The van der Waals surface area contributed by atoms with Crippen LogP contribution >= 0.6 is 11.6 Å². The van der Waals surface area contributed by atoms with Crippen molar-refractivity contribution < 1.29 is 23.8 Å². The van der Waals surface area contributed by atoms with Crippen molar-refractivity contribution in [3.63, 3.8) is 0 Å². The standard InChI is InChI=1S/C13H15ClN2O5/c14-3-6-19-13(18)16-5-4-15-12(17)9-1-2-10-11(7-9)21-8-20-10/h1-2,7H,3-6,8H2,(H,15,17)(H,16,18). The van der Waals surface area contributed by atoms with Crippen LogP contribution in [0.25, 0.3) is 0 Å². The van der Waals surface area contributed by atoms with Gasteiger partial charge >= 0.3 is 6.09 Å². The molecule has 114 valence electrons. The molecule has 21 heavy (non-hydrogen) atoms. The third-order valence-corrected chi connectivity index (χ3v) is 2.78. The minimum atomic E-state index is -0.562. The lowest BCUT2D eigenvalue weighted by molar-refractivity contribution is 0.0952. The lowest BCUT2D eigenvalue weighted by Crippen LogP contribution is -2.35. The number of carbonyl (C=O) groups is 2. The van der Waals surface area contributed by atoms with E-state index in [0.29, 0.717) is 17.1 Å². The number of fused-ring (bicyclic) bond motifs is 1. The van der Waals surface area contributed by atoms with Gasteiger partial charge in [0.1, 0.15) is 6.61 Å². The third-order valence-electron chi connectivity index (χ3n) is 2.62. The van der Waals surface area contributed by atoms with E-state index in [9.17, 15) is 9.59 Å². The lowest BCUT2D eigenvalue weighted by atomic mass is 10.2. The van der Waals surface area contributed by atoms with Crippen LogP contribution in [0.4, 0.5) is 4.79 Å². The number of alkyl halides is 1. The highest BCUT2D eigenvalue weighted by Crippen LogP contribution is 2.32. The molecule has 1 heterocycles. The molecule has 0 bridgehead atoms. The molecule has 1 aromatic rings. The summed E-state index contributed by atoms with van der Waals surface area (Å²) in [5, 5.41) is 5.16. The van der Waals surface area contributed by atoms with Gasteiger partial charge in [0.2, 0.25) is 6.79 Å². The van der Waals surface area contributed by atoms with Gasteiger partial charge < -0.3 is 24.8 Å². The maximum absolute atomic E-state index is 11.9. The molecule has 1 aliphatic rings. The van der Waals surface area contributed by atoms with Crippen LogP contribution in [-0.2, 0) is 4.74 Å². The zero-order chi connectivity index (χ0) is 15.1. The van der Waals surface area contributed by atoms with Gasteiger partial charge in [-0.3, -0.25) is 4.79 Å². The molecular formula is C13H15ClN2O5. The highest BCUT2D eigenvalue weighted by molar-refractivity contribution is 6.18. The van der Waals surface area contributed by atoms with Crippen LogP contribution in [0.15, 0.2) is 18.2 Å². The molecule has 0 saturated heterocycles. The summed E-state index contributed by atoms with van der Waals surface area (Å²) in [6.45, 7) is 0.854. The van der Waals surface area contributed by atoms with Crippen molar-refractivity contribution in [2.75, 3.05) is 32.4 Å². The van der Waals surface area contributed by atoms with Gasteiger partial charge in [0, 0.05) is 18.7 Å². The fourth-order valence-corrected chi connectivity index (χ4v) is 1.74. The fourth-order valence-electron chi connectivity index (χ4n) is 1.66. The van der Waals surface area contributed by atoms with E-state index in [0.717, 1.165) is 0 Å². The average Bonchev–Trinajstić information content (AvgIpc) is 2.96. The van der Waals surface area contributed by atoms with Gasteiger partial charge in [-0.15, -0.1) is 11.6 Å². The van der Waals surface area contributed by atoms with Crippen LogP contribution < -0.4 is 20.1 Å². The minimum absolute atomic E-state index is 0.150. The number of nitrogens with one attached hydrogen (secondary N) is 2. The van der Waals surface area contributed by atoms with Crippen LogP contribution in [0.1, 0.15) is 10.4 Å². The number of alkyl carbamates (subject to hydrolysis) is 1. The summed E-state index contributed by atoms with van der Waals surface area (Å²) in [5.74, 6) is 1.15. The number of hydrogen-bond donors (Lipinski definition) is 2. The Balaban J connectivity index is 1.71. The SMILES string of the molecule is O=C(NCCNC(=O)c1ccc2c(c1)OCO2)OCCCl. The van der Waals surface area contributed by atoms with E-state index in [1.165, 1.54) is 0 Å². The van der Waals surface area contributed by atoms with Crippen molar-refractivity contribution >= 4 is 23.6 Å². The quantitative estimate of drug-likeness (QED) is 0.607. The molecule has 2 rings (SSSR count). The molecule has 0 aromatic heterocycles. The predicted octanol–water partition coefficient (Wildman–Crippen LogP) is 1.11. The van der Waals surface area contributed by atoms with Crippen molar-refractivity contribution in [1.29, 1.82) is 0 Å². The Morgan fingerprint density at radius 1 is 1.19 bits per heavy atom. The van der Waals surface area contributed by atoms with E-state index < -0.39 is 6.09 Å². The van der Waals surface area contributed by atoms with E-state index in [-0.39, 0.29) is 38.3 Å². The molecule has 0 aliphatic carbocycles. The summed E-state index contributed by atoms with van der Waals surface area (Å²) in [7, 11) is 0. The molecule has 0 radical (unpaired) electrons. The van der Waals surface area contributed by atoms with Crippen molar-refractivity contribution in [2.24, 2.45) is 0 Å². The Morgan fingerprint density at radius 2 is 1.95 bits per heavy atom. The molecule has 1 aliphatic heterocycles. The zero-order valence-electron chi connectivity index (χ0n) is 11.2. The summed E-state index contributed by atoms with van der Waals surface area (Å²) in [6, 6.07) is 4.93. The van der Waals surface area contributed by atoms with Crippen LogP contribution in [0.5, 0.6) is 11.5 Å². The number of rotatable bonds is 6. The molecule has 1 aromatic carbocycles. The number of ether oxygens (including phenoxy) is 3. The van der Waals surface area contributed by atoms with Crippen molar-refractivity contribution in [3.8, 4) is 11.5 Å². The first-order valence-corrected chi connectivity index (χ1v) is 6.88. The van der Waals surface area contributed by atoms with Gasteiger partial charge in [-0.05, 0) is 18.2 Å². The van der Waals surface area contributed by atoms with E-state index in [1.54, 1.807) is 18.2 Å². The topological polar surface area (TPSA) is 85.9 Å². The fraction of sp³-hybridized carbons (Fsp3) is 0.385. The molecular weight excluding hydrogens is 300 g/mol. The second-order valence-corrected chi connectivity index (χ2v) is 4.45. The van der Waals surface area contributed by atoms with E-state index in [1.807, 2.05) is 0 Å². The number of benzene rings is 1. The number of hydrogen-bond acceptors (Lipinski definition) is 5. The maximum Gasteiger partial charge on any atom is 0.407 e. The molecule has 7 nitrogen and oxygen atoms in total. The zero-order valence-corrected chi connectivity index (χ0v) is 11.9. The minimum Gasteiger partial charge on any atom is -0.454 e. The molecule has 0 spiro atoms. The summed E-state index contributed by atoms with van der Waals surface area (Å²) in [5.41, 5.74) is 0.462. The second kappa shape index (κ2) is 7.58. The second-order valence-electron chi connectivity index (χ2n) is 4.08. The molecule has 2 N–H and O–H groups in total. The van der Waals surface area contributed by atoms with E-state index in [2.05, 4.69) is 10.6 Å². The Bertz CT molecular complexity index is 523. The van der Waals surface area contributed by atoms with Crippen molar-refractivity contribution in [3.05, 3.63) is 23.8 Å². The van der Waals surface area contributed by atoms with Gasteiger partial charge in [-0.2, -0.15) is 0 Å². The van der Waals surface area contributed by atoms with Crippen LogP contribution in [0.2, 0.25) is 0 Å². The van der Waals surface area contributed by atoms with Gasteiger partial charge in [0.25, 0.3) is 5.91 Å². The van der Waals surface area contributed by atoms with E-state index >= 15 is 0 Å². The molecule has 0 atom stereocenters. The van der Waals surface area contributed by atoms with Gasteiger partial charge in [0.05, 0.1) is 5.88 Å². The molecule has 0 fully saturated rings. The van der Waals surface area contributed by atoms with Crippen molar-refractivity contribution in [2.45, 2.75) is 0 Å². The van der Waals surface area contributed by atoms with Crippen LogP contribution in [-0.4, -0.2) is 44.4 Å². The Kier molecular flexibility index (Phi) is 5.51. The average molecular weight is 315 g/mol. The number of carbonyl (C=O) groups excluding carboxylic acids is 2. The largest absolute Gasteiger partial charge is 0.454 e. The van der Waals surface area contributed by atoms with Gasteiger partial charge in [-0.1, -0.05) is 0 Å². The smallest absolute Gasteiger partial charge is 0.407 e. The first kappa shape index (κ1) is 15.2. The lowest BCUT2D eigenvalue weighted by Gasteiger charge is -2.07. The van der Waals surface area contributed by atoms with Crippen molar-refractivity contribution in [1.82, 2.24) is 10.6 Å². The molecule has 0 unspecified atom stereocenters. The van der Waals surface area contributed by atoms with Gasteiger partial charge in [-0.25, -0.2) is 4.79 Å². The summed E-state index contributed by atoms with van der Waals surface area (Å²) < 4.78 is 15.1.